The lowest BCUT2D eigenvalue weighted by molar-refractivity contribution is -0.227. The number of phenols is 1. The van der Waals surface area contributed by atoms with Gasteiger partial charge in [0.05, 0.1) is 35.7 Å². The van der Waals surface area contributed by atoms with Gasteiger partial charge in [-0.1, -0.05) is 230 Å². The zero-order chi connectivity index (χ0) is 100. The molecule has 9 aliphatic carbocycles. The van der Waals surface area contributed by atoms with E-state index in [1.54, 1.807) is 12.1 Å². The smallest absolute Gasteiger partial charge is 0.312 e. The molecule has 0 heterocycles. The van der Waals surface area contributed by atoms with E-state index >= 15 is 0 Å². The maximum atomic E-state index is 12.6. The molecule has 0 saturated heterocycles. The number of carbonyl (C=O) groups excluding carboxylic acids is 2. The molecule has 6 aromatic rings. The Morgan fingerprint density at radius 2 is 0.770 bits per heavy atom. The number of hydrogen-bond acceptors (Lipinski definition) is 13. The maximum absolute atomic E-state index is 12.6. The summed E-state index contributed by atoms with van der Waals surface area (Å²) >= 11 is 0. The largest absolute Gasteiger partial charge is 0.508 e. The van der Waals surface area contributed by atoms with Crippen molar-refractivity contribution in [1.29, 1.82) is 0 Å². The lowest BCUT2D eigenvalue weighted by Gasteiger charge is -2.61. The van der Waals surface area contributed by atoms with Crippen LogP contribution in [0.5, 0.6) is 28.7 Å². The van der Waals surface area contributed by atoms with Crippen LogP contribution in [-0.4, -0.2) is 72.2 Å². The molecule has 8 fully saturated rings. The minimum absolute atomic E-state index is 0.00379. The molecule has 0 aliphatic heterocycles. The summed E-state index contributed by atoms with van der Waals surface area (Å²) in [5.74, 6) is 12.6. The molecule has 11 atom stereocenters. The Hall–Kier alpha value is -6.90. The number of benzene rings is 6. The molecule has 13 heteroatoms. The van der Waals surface area contributed by atoms with E-state index in [1.165, 1.54) is 122 Å². The molecule has 8 bridgehead atoms. The average molecular weight is 1870 g/mol. The second-order valence-corrected chi connectivity index (χ2v) is 46.9. The Morgan fingerprint density at radius 3 is 1.13 bits per heavy atom. The van der Waals surface area contributed by atoms with Gasteiger partial charge < -0.3 is 52.5 Å². The molecular formula is C122H192O13. The summed E-state index contributed by atoms with van der Waals surface area (Å²) in [6, 6.07) is 49.7. The summed E-state index contributed by atoms with van der Waals surface area (Å²) in [4.78, 5) is 24.4. The molecule has 135 heavy (non-hydrogen) atoms. The molecule has 0 radical (unpaired) electrons. The molecular weight excluding hydrogens is 1670 g/mol. The second kappa shape index (κ2) is 53.6. The molecule has 9 aliphatic rings. The number of aromatic hydroxyl groups is 1. The summed E-state index contributed by atoms with van der Waals surface area (Å²) in [5, 5.41) is 9.01. The van der Waals surface area contributed by atoms with E-state index in [9.17, 15) is 9.59 Å². The van der Waals surface area contributed by atoms with Crippen LogP contribution in [0.15, 0.2) is 146 Å². The summed E-state index contributed by atoms with van der Waals surface area (Å²) in [7, 11) is 0. The first kappa shape index (κ1) is 115. The molecule has 0 aromatic heterocycles. The van der Waals surface area contributed by atoms with Crippen molar-refractivity contribution in [1.82, 2.24) is 0 Å². The van der Waals surface area contributed by atoms with Gasteiger partial charge in [0.15, 0.2) is 0 Å². The van der Waals surface area contributed by atoms with Crippen molar-refractivity contribution in [3.63, 3.8) is 0 Å². The first-order valence-electron chi connectivity index (χ1n) is 53.5. The third-order valence-electron chi connectivity index (χ3n) is 30.3. The topological polar surface area (TPSA) is 147 Å². The van der Waals surface area contributed by atoms with Gasteiger partial charge in [0, 0.05) is 28.6 Å². The number of phenolic OH excluding ortho intramolecular Hbond substituents is 1. The van der Waals surface area contributed by atoms with Crippen LogP contribution in [0.2, 0.25) is 0 Å². The first-order chi connectivity index (χ1) is 63.5. The normalized spacial score (nSPS) is 23.0. The summed E-state index contributed by atoms with van der Waals surface area (Å²) in [6.45, 7) is 70.4. The van der Waals surface area contributed by atoms with Crippen molar-refractivity contribution >= 4 is 11.9 Å². The Labute approximate surface area is 823 Å². The van der Waals surface area contributed by atoms with Crippen LogP contribution in [0.4, 0.5) is 0 Å². The van der Waals surface area contributed by atoms with Gasteiger partial charge in [-0.3, -0.25) is 9.59 Å². The predicted octanol–water partition coefficient (Wildman–Crippen LogP) is 34.2. The number of fused-ring (bicyclic) bond motifs is 1. The quantitative estimate of drug-likeness (QED) is 0.0294. The van der Waals surface area contributed by atoms with Gasteiger partial charge in [0.1, 0.15) is 40.5 Å². The third-order valence-corrected chi connectivity index (χ3v) is 30.3. The van der Waals surface area contributed by atoms with Crippen LogP contribution in [0.3, 0.4) is 0 Å². The highest BCUT2D eigenvalue weighted by atomic mass is 16.7. The van der Waals surface area contributed by atoms with Crippen LogP contribution >= 0.6 is 0 Å². The van der Waals surface area contributed by atoms with E-state index in [-0.39, 0.29) is 106 Å². The molecule has 15 rings (SSSR count). The van der Waals surface area contributed by atoms with Crippen LogP contribution in [0.1, 0.15) is 444 Å². The number of hydrogen-bond donors (Lipinski definition) is 1. The van der Waals surface area contributed by atoms with Gasteiger partial charge in [0.2, 0.25) is 25.2 Å². The first-order valence-corrected chi connectivity index (χ1v) is 53.5. The highest BCUT2D eigenvalue weighted by Crippen LogP contribution is 2.65. The number of esters is 2. The van der Waals surface area contributed by atoms with E-state index in [1.807, 2.05) is 112 Å². The molecule has 6 aromatic carbocycles. The molecule has 0 amide bonds. The van der Waals surface area contributed by atoms with Gasteiger partial charge in [-0.2, -0.15) is 0 Å². The summed E-state index contributed by atoms with van der Waals surface area (Å²) < 4.78 is 60.4. The van der Waals surface area contributed by atoms with Crippen LogP contribution < -0.4 is 18.9 Å². The van der Waals surface area contributed by atoms with Gasteiger partial charge in [-0.25, -0.2) is 0 Å². The Bertz CT molecular complexity index is 4260. The SMILES string of the molecule is CCC(C)(C)C(=O)OC(C)(C)C12CC3CC(CC(C3)C1)C2.CCC(C)C(=O)OC1CCCc2ccccc21.CCC(C)c1ccc(O)cc1.CCC(C)c1ccc(OC(CC(C)(C)C)OC(C)C)cc1.CCC(C)c1ccc(OC(OC(C)C)C(C)(C)C)cc1.CCC(C)c1ccc(OC(OC(C)C)C(C)C)cc1.CCC(C)c1ccc(OC(OC(C)C)C23CC4CC(CC(C4)C2)C3)cc1. The Balaban J connectivity index is 0.000000217. The lowest BCUT2D eigenvalue weighted by Crippen LogP contribution is -2.58. The van der Waals surface area contributed by atoms with Gasteiger partial charge in [-0.05, 0) is 394 Å². The molecule has 11 unspecified atom stereocenters. The molecule has 758 valence electrons. The van der Waals surface area contributed by atoms with Gasteiger partial charge >= 0.3 is 11.9 Å². The summed E-state index contributed by atoms with van der Waals surface area (Å²) in [5.41, 5.74) is 9.26. The molecule has 13 nitrogen and oxygen atoms in total. The Kier molecular flexibility index (Phi) is 45.7. The fraction of sp³-hybridized carbons (Fsp3) is 0.689. The number of aryl methyl sites for hydroxylation is 1. The average Bonchev–Trinajstić information content (AvgIpc) is 0.722. The predicted molar refractivity (Wildman–Crippen MR) is 561 cm³/mol. The third kappa shape index (κ3) is 36.3. The van der Waals surface area contributed by atoms with Crippen LogP contribution in [-0.2, 0) is 44.4 Å². The van der Waals surface area contributed by atoms with E-state index in [0.29, 0.717) is 41.3 Å². The van der Waals surface area contributed by atoms with E-state index in [4.69, 9.17) is 52.5 Å². The zero-order valence-corrected chi connectivity index (χ0v) is 91.2. The van der Waals surface area contributed by atoms with Crippen molar-refractivity contribution in [3.8, 4) is 28.7 Å². The molecule has 0 spiro atoms. The van der Waals surface area contributed by atoms with E-state index in [2.05, 4.69) is 250 Å². The lowest BCUT2D eigenvalue weighted by atomic mass is 9.46. The number of ether oxygens (including phenoxy) is 10. The van der Waals surface area contributed by atoms with Gasteiger partial charge in [-0.15, -0.1) is 0 Å². The summed E-state index contributed by atoms with van der Waals surface area (Å²) in [6.07, 6.45) is 27.9. The van der Waals surface area contributed by atoms with Crippen LogP contribution in [0.25, 0.3) is 0 Å². The van der Waals surface area contributed by atoms with Gasteiger partial charge in [0.25, 0.3) is 0 Å². The standard InChI is InChI=1S/C24H36O2.2C19H32O2.C18H30O2.C17H28O2.C15H20O2.C10H14O/c1-5-17(4)21-6-8-22(9-7-21)26-23(25-16(2)3)24-13-18-10-19(14-24)12-20(11-18)15-24;1-6-17(2,3)16(20)21-18(4,5)19-10-13-7-14(11-19)9-15(8-13)12-19;1-8-15(4)16-9-11-17(12-10-16)21-18(20-14(2)3)13-19(5,6)7;1-8-14(4)15-9-11-16(12-10-15)20-17(18(5,6)7)19-13(2)3;1-7-14(6)15-8-10-16(11-9-15)19-17(12(2)3)18-13(4)5;1-3-11(2)15(16)17-14-10-6-8-12-7-4-5-9-13(12)14;1-3-8(2)9-4-6-10(11)7-5-9/h6-9,16-20,23H,5,10-15H2,1-4H3;13-15H,6-12H2,1-5H3;9-12,14-15,18H,8,13H2,1-7H3;9-14,17H,8H2,1-7H3;8-14,17H,7H2,1-6H3;4-5,7,9,11,14H,3,6,8,10H2,1-2H3;4-8,11H,3H2,1-2H3. The molecule has 8 saturated carbocycles. The number of carbonyl (C=O) groups is 2. The van der Waals surface area contributed by atoms with Crippen molar-refractivity contribution < 1.29 is 62.1 Å². The molecule has 1 N–H and O–H groups in total. The maximum Gasteiger partial charge on any atom is 0.312 e. The highest BCUT2D eigenvalue weighted by Gasteiger charge is 2.60. The highest BCUT2D eigenvalue weighted by molar-refractivity contribution is 5.76. The minimum atomic E-state index is -0.362. The van der Waals surface area contributed by atoms with Crippen molar-refractivity contribution in [2.75, 3.05) is 0 Å². The van der Waals surface area contributed by atoms with Crippen molar-refractivity contribution in [2.45, 2.75) is 467 Å². The Morgan fingerprint density at radius 1 is 0.407 bits per heavy atom. The van der Waals surface area contributed by atoms with Crippen LogP contribution in [0, 0.1) is 74.4 Å². The fourth-order valence-corrected chi connectivity index (χ4v) is 20.9. The minimum Gasteiger partial charge on any atom is -0.508 e. The van der Waals surface area contributed by atoms with E-state index < -0.39 is 0 Å². The van der Waals surface area contributed by atoms with E-state index in [0.717, 1.165) is 123 Å². The fourth-order valence-electron chi connectivity index (χ4n) is 20.9. The van der Waals surface area contributed by atoms with Crippen molar-refractivity contribution in [3.05, 3.63) is 185 Å². The van der Waals surface area contributed by atoms with Crippen molar-refractivity contribution in [2.24, 2.45) is 74.4 Å². The number of rotatable bonds is 36. The second-order valence-electron chi connectivity index (χ2n) is 46.9. The zero-order valence-electron chi connectivity index (χ0n) is 91.2. The monoisotopic (exact) mass is 1870 g/mol.